The number of aliphatic carboxylic acids is 2. The number of hydrogen-bond acceptors (Lipinski definition) is 4. The summed E-state index contributed by atoms with van der Waals surface area (Å²) >= 11 is 0. The zero-order chi connectivity index (χ0) is 10.6. The maximum atomic E-state index is 10.5. The Morgan fingerprint density at radius 2 is 1.85 bits per heavy atom. The number of aliphatic hydroxyl groups is 2. The zero-order valence-electron chi connectivity index (χ0n) is 7.10. The van der Waals surface area contributed by atoms with Crippen molar-refractivity contribution in [2.75, 3.05) is 0 Å². The Hall–Kier alpha value is -1.14. The lowest BCUT2D eigenvalue weighted by Gasteiger charge is -2.22. The Kier molecular flexibility index (Phi) is 3.83. The molecule has 0 aliphatic rings. The average Bonchev–Trinajstić information content (AvgIpc) is 1.82. The van der Waals surface area contributed by atoms with E-state index in [1.807, 2.05) is 0 Å². The van der Waals surface area contributed by atoms with Crippen molar-refractivity contribution in [1.82, 2.24) is 0 Å². The van der Waals surface area contributed by atoms with E-state index in [1.165, 1.54) is 6.92 Å². The third-order valence-corrected chi connectivity index (χ3v) is 1.47. The molecule has 4 N–H and O–H groups in total. The van der Waals surface area contributed by atoms with Gasteiger partial charge in [-0.3, -0.25) is 4.79 Å². The maximum Gasteiger partial charge on any atom is 0.336 e. The Bertz CT molecular complexity index is 211. The van der Waals surface area contributed by atoms with Crippen LogP contribution in [-0.2, 0) is 9.59 Å². The van der Waals surface area contributed by atoms with E-state index in [0.29, 0.717) is 0 Å². The molecule has 0 bridgehead atoms. The van der Waals surface area contributed by atoms with Crippen LogP contribution in [0.3, 0.4) is 0 Å². The molecule has 0 aliphatic heterocycles. The summed E-state index contributed by atoms with van der Waals surface area (Å²) in [7, 11) is 0. The molecule has 0 saturated heterocycles. The quantitative estimate of drug-likeness (QED) is 0.446. The van der Waals surface area contributed by atoms with Crippen LogP contribution < -0.4 is 0 Å². The van der Waals surface area contributed by atoms with Gasteiger partial charge in [0.15, 0.2) is 5.60 Å². The van der Waals surface area contributed by atoms with Crippen LogP contribution >= 0.6 is 0 Å². The highest BCUT2D eigenvalue weighted by Crippen LogP contribution is 2.18. The summed E-state index contributed by atoms with van der Waals surface area (Å²) in [4.78, 5) is 20.7. The van der Waals surface area contributed by atoms with Gasteiger partial charge in [0.25, 0.3) is 0 Å². The van der Waals surface area contributed by atoms with Crippen molar-refractivity contribution in [3.8, 4) is 0 Å². The highest BCUT2D eigenvalue weighted by atomic mass is 16.4. The molecular weight excluding hydrogens is 180 g/mol. The molecule has 0 aromatic rings. The van der Waals surface area contributed by atoms with Gasteiger partial charge in [0.1, 0.15) is 0 Å². The van der Waals surface area contributed by atoms with Crippen LogP contribution in [-0.4, -0.2) is 44.1 Å². The van der Waals surface area contributed by atoms with Crippen LogP contribution in [0.1, 0.15) is 19.8 Å². The predicted molar refractivity (Wildman–Crippen MR) is 41.1 cm³/mol. The fourth-order valence-electron chi connectivity index (χ4n) is 0.974. The second-order valence-corrected chi connectivity index (χ2v) is 2.96. The van der Waals surface area contributed by atoms with E-state index in [9.17, 15) is 14.7 Å². The maximum absolute atomic E-state index is 10.5. The van der Waals surface area contributed by atoms with Crippen LogP contribution in [0, 0.1) is 0 Å². The van der Waals surface area contributed by atoms with Crippen LogP contribution in [0.4, 0.5) is 0 Å². The topological polar surface area (TPSA) is 115 Å². The van der Waals surface area contributed by atoms with E-state index < -0.39 is 36.5 Å². The average molecular weight is 192 g/mol. The molecule has 0 aromatic heterocycles. The molecule has 0 spiro atoms. The lowest BCUT2D eigenvalue weighted by Crippen LogP contribution is -2.43. The lowest BCUT2D eigenvalue weighted by molar-refractivity contribution is -0.168. The first-order valence-electron chi connectivity index (χ1n) is 3.63. The Balaban J connectivity index is 4.52. The van der Waals surface area contributed by atoms with Crippen LogP contribution in [0.25, 0.3) is 0 Å². The number of hydrogen-bond donors (Lipinski definition) is 4. The summed E-state index contributed by atoms with van der Waals surface area (Å²) in [6.45, 7) is 1.27. The highest BCUT2D eigenvalue weighted by molar-refractivity contribution is 5.83. The molecule has 0 saturated carbocycles. The first-order valence-corrected chi connectivity index (χ1v) is 3.63. The molecule has 2 unspecified atom stereocenters. The number of aliphatic hydroxyl groups excluding tert-OH is 1. The van der Waals surface area contributed by atoms with Gasteiger partial charge in [-0.15, -0.1) is 0 Å². The summed E-state index contributed by atoms with van der Waals surface area (Å²) < 4.78 is 0. The zero-order valence-corrected chi connectivity index (χ0v) is 7.10. The summed E-state index contributed by atoms with van der Waals surface area (Å²) in [6, 6.07) is 0. The SMILES string of the molecule is CC(O)CC(O)(CC(=O)O)C(=O)O. The van der Waals surface area contributed by atoms with E-state index in [1.54, 1.807) is 0 Å². The first kappa shape index (κ1) is 11.9. The van der Waals surface area contributed by atoms with E-state index in [0.717, 1.165) is 0 Å². The third-order valence-electron chi connectivity index (χ3n) is 1.47. The van der Waals surface area contributed by atoms with Gasteiger partial charge in [0.2, 0.25) is 0 Å². The fourth-order valence-corrected chi connectivity index (χ4v) is 0.974. The van der Waals surface area contributed by atoms with E-state index in [2.05, 4.69) is 0 Å². The molecule has 0 rings (SSSR count). The van der Waals surface area contributed by atoms with Crippen molar-refractivity contribution in [2.45, 2.75) is 31.5 Å². The summed E-state index contributed by atoms with van der Waals surface area (Å²) in [5.41, 5.74) is -2.39. The van der Waals surface area contributed by atoms with Crippen molar-refractivity contribution in [3.63, 3.8) is 0 Å². The standard InChI is InChI=1S/C7H12O6/c1-4(8)2-7(13,6(11)12)3-5(9)10/h4,8,13H,2-3H2,1H3,(H,9,10)(H,11,12). The predicted octanol–water partition coefficient (Wildman–Crippen LogP) is -0.952. The molecule has 0 amide bonds. The van der Waals surface area contributed by atoms with Crippen molar-refractivity contribution in [3.05, 3.63) is 0 Å². The lowest BCUT2D eigenvalue weighted by atomic mass is 9.93. The third kappa shape index (κ3) is 3.86. The smallest absolute Gasteiger partial charge is 0.336 e. The van der Waals surface area contributed by atoms with Gasteiger partial charge in [0.05, 0.1) is 12.5 Å². The molecule has 2 atom stereocenters. The van der Waals surface area contributed by atoms with Crippen molar-refractivity contribution in [2.24, 2.45) is 0 Å². The number of rotatable bonds is 5. The highest BCUT2D eigenvalue weighted by Gasteiger charge is 2.39. The van der Waals surface area contributed by atoms with Gasteiger partial charge in [-0.05, 0) is 6.92 Å². The van der Waals surface area contributed by atoms with E-state index in [-0.39, 0.29) is 0 Å². The van der Waals surface area contributed by atoms with E-state index >= 15 is 0 Å². The monoisotopic (exact) mass is 192 g/mol. The van der Waals surface area contributed by atoms with Crippen molar-refractivity contribution < 1.29 is 30.0 Å². The van der Waals surface area contributed by atoms with Gasteiger partial charge >= 0.3 is 11.9 Å². The largest absolute Gasteiger partial charge is 0.481 e. The van der Waals surface area contributed by atoms with Crippen LogP contribution in [0.5, 0.6) is 0 Å². The Morgan fingerprint density at radius 1 is 1.38 bits per heavy atom. The fraction of sp³-hybridized carbons (Fsp3) is 0.714. The molecule has 76 valence electrons. The molecular formula is C7H12O6. The van der Waals surface area contributed by atoms with E-state index in [4.69, 9.17) is 15.3 Å². The van der Waals surface area contributed by atoms with Crippen molar-refractivity contribution in [1.29, 1.82) is 0 Å². The summed E-state index contributed by atoms with van der Waals surface area (Å²) in [5.74, 6) is -3.07. The number of carboxylic acids is 2. The molecule has 0 fully saturated rings. The molecule has 6 heteroatoms. The minimum Gasteiger partial charge on any atom is -0.481 e. The second kappa shape index (κ2) is 4.20. The minimum atomic E-state index is -2.39. The van der Waals surface area contributed by atoms with Gasteiger partial charge in [-0.1, -0.05) is 0 Å². The molecule has 6 nitrogen and oxygen atoms in total. The van der Waals surface area contributed by atoms with Crippen molar-refractivity contribution >= 4 is 11.9 Å². The van der Waals surface area contributed by atoms with Gasteiger partial charge in [0, 0.05) is 6.42 Å². The normalized spacial score (nSPS) is 17.5. The van der Waals surface area contributed by atoms with Gasteiger partial charge in [-0.2, -0.15) is 0 Å². The summed E-state index contributed by atoms with van der Waals surface area (Å²) in [6.07, 6.45) is -2.50. The van der Waals surface area contributed by atoms with Crippen LogP contribution in [0.2, 0.25) is 0 Å². The molecule has 0 heterocycles. The molecule has 0 radical (unpaired) electrons. The molecule has 13 heavy (non-hydrogen) atoms. The number of carbonyl (C=O) groups is 2. The first-order chi connectivity index (χ1) is 5.78. The van der Waals surface area contributed by atoms with Gasteiger partial charge < -0.3 is 20.4 Å². The molecule has 0 aromatic carbocycles. The van der Waals surface area contributed by atoms with Gasteiger partial charge in [-0.25, -0.2) is 4.79 Å². The Morgan fingerprint density at radius 3 is 2.08 bits per heavy atom. The minimum absolute atomic E-state index is 0.505. The Labute approximate surface area is 74.4 Å². The molecule has 0 aliphatic carbocycles. The van der Waals surface area contributed by atoms with Crippen LogP contribution in [0.15, 0.2) is 0 Å². The second-order valence-electron chi connectivity index (χ2n) is 2.96. The number of carboxylic acid groups (broad SMARTS) is 2. The summed E-state index contributed by atoms with van der Waals surface area (Å²) in [5, 5.41) is 34.9.